The maximum atomic E-state index is 12.3. The van der Waals surface area contributed by atoms with Gasteiger partial charge >= 0.3 is 5.97 Å². The van der Waals surface area contributed by atoms with Gasteiger partial charge in [0.1, 0.15) is 4.88 Å². The molecule has 0 aliphatic heterocycles. The van der Waals surface area contributed by atoms with Gasteiger partial charge in [0.15, 0.2) is 6.61 Å². The van der Waals surface area contributed by atoms with Crippen LogP contribution in [0.5, 0.6) is 0 Å². The number of aromatic nitrogens is 2. The number of fused-ring (bicyclic) bond motifs is 3. The largest absolute Gasteiger partial charge is 0.451 e. The van der Waals surface area contributed by atoms with Crippen molar-refractivity contribution < 1.29 is 13.9 Å². The topological polar surface area (TPSA) is 65.2 Å². The summed E-state index contributed by atoms with van der Waals surface area (Å²) < 4.78 is 10.7. The highest BCUT2D eigenvalue weighted by Crippen LogP contribution is 2.39. The number of esters is 1. The van der Waals surface area contributed by atoms with Crippen LogP contribution in [0.2, 0.25) is 0 Å². The molecular weight excluding hydrogens is 324 g/mol. The van der Waals surface area contributed by atoms with Crippen LogP contribution in [0.15, 0.2) is 34.7 Å². The second-order valence-electron chi connectivity index (χ2n) is 5.64. The van der Waals surface area contributed by atoms with Gasteiger partial charge in [-0.2, -0.15) is 0 Å². The molecule has 6 heteroatoms. The first-order valence-electron chi connectivity index (χ1n) is 7.94. The highest BCUT2D eigenvalue weighted by atomic mass is 32.1. The molecule has 0 unspecified atom stereocenters. The van der Waals surface area contributed by atoms with E-state index in [0.717, 1.165) is 12.8 Å². The molecule has 0 spiro atoms. The number of nitrogens with zero attached hydrogens (tertiary/aromatic N) is 2. The minimum atomic E-state index is -0.344. The van der Waals surface area contributed by atoms with Crippen LogP contribution in [-0.2, 0) is 30.6 Å². The summed E-state index contributed by atoms with van der Waals surface area (Å²) in [6.07, 6.45) is 2.63. The van der Waals surface area contributed by atoms with Crippen molar-refractivity contribution in [3.05, 3.63) is 58.1 Å². The van der Waals surface area contributed by atoms with Crippen molar-refractivity contribution in [2.45, 2.75) is 32.8 Å². The van der Waals surface area contributed by atoms with Gasteiger partial charge in [0.25, 0.3) is 5.89 Å². The summed E-state index contributed by atoms with van der Waals surface area (Å²) in [4.78, 5) is 14.1. The average molecular weight is 340 g/mol. The molecule has 0 N–H and O–H groups in total. The van der Waals surface area contributed by atoms with Crippen LogP contribution in [0, 0.1) is 0 Å². The van der Waals surface area contributed by atoms with Crippen LogP contribution in [0.4, 0.5) is 0 Å². The summed E-state index contributed by atoms with van der Waals surface area (Å²) in [5.74, 6) is 0.527. The first kappa shape index (κ1) is 15.1. The molecule has 0 bridgehead atoms. The smallest absolute Gasteiger partial charge is 0.348 e. The number of ether oxygens (including phenoxy) is 1. The molecule has 122 valence electrons. The van der Waals surface area contributed by atoms with E-state index in [0.29, 0.717) is 23.1 Å². The SMILES string of the molecule is CCc1nnc(COC(=O)c2cc3c(s2)-c2ccccc2CC3)o1. The minimum absolute atomic E-state index is 0.00495. The molecule has 0 fully saturated rings. The molecule has 0 radical (unpaired) electrons. The van der Waals surface area contributed by atoms with E-state index in [1.54, 1.807) is 0 Å². The molecule has 0 saturated carbocycles. The summed E-state index contributed by atoms with van der Waals surface area (Å²) in [6.45, 7) is 1.93. The van der Waals surface area contributed by atoms with E-state index in [1.807, 2.05) is 19.1 Å². The first-order valence-corrected chi connectivity index (χ1v) is 8.75. The normalized spacial score (nSPS) is 12.5. The van der Waals surface area contributed by atoms with Gasteiger partial charge in [-0.05, 0) is 35.6 Å². The minimum Gasteiger partial charge on any atom is -0.451 e. The lowest BCUT2D eigenvalue weighted by Gasteiger charge is -2.15. The molecular formula is C18H16N2O3S. The molecule has 0 atom stereocenters. The standard InChI is InChI=1S/C18H16N2O3S/c1-2-15-19-20-16(23-15)10-22-18(21)14-9-12-8-7-11-5-3-4-6-13(11)17(12)24-14/h3-6,9H,2,7-8,10H2,1H3. The van der Waals surface area contributed by atoms with Crippen LogP contribution >= 0.6 is 11.3 Å². The predicted octanol–water partition coefficient (Wildman–Crippen LogP) is 3.82. The lowest BCUT2D eigenvalue weighted by Crippen LogP contribution is -2.03. The Balaban J connectivity index is 1.51. The zero-order chi connectivity index (χ0) is 16.5. The number of hydrogen-bond donors (Lipinski definition) is 0. The van der Waals surface area contributed by atoms with Gasteiger partial charge < -0.3 is 9.15 Å². The third-order valence-electron chi connectivity index (χ3n) is 4.07. The van der Waals surface area contributed by atoms with E-state index < -0.39 is 0 Å². The van der Waals surface area contributed by atoms with Gasteiger partial charge in [-0.3, -0.25) is 0 Å². The van der Waals surface area contributed by atoms with Crippen molar-refractivity contribution in [3.63, 3.8) is 0 Å². The third kappa shape index (κ3) is 2.73. The monoisotopic (exact) mass is 340 g/mol. The van der Waals surface area contributed by atoms with E-state index in [4.69, 9.17) is 9.15 Å². The Hall–Kier alpha value is -2.47. The molecule has 3 aromatic rings. The summed E-state index contributed by atoms with van der Waals surface area (Å²) >= 11 is 1.49. The van der Waals surface area contributed by atoms with Gasteiger partial charge in [0.05, 0.1) is 0 Å². The molecule has 0 amide bonds. The van der Waals surface area contributed by atoms with E-state index in [1.165, 1.54) is 32.9 Å². The number of hydrogen-bond acceptors (Lipinski definition) is 6. The summed E-state index contributed by atoms with van der Waals surface area (Å²) in [5.41, 5.74) is 3.79. The quantitative estimate of drug-likeness (QED) is 0.676. The van der Waals surface area contributed by atoms with Gasteiger partial charge in [0, 0.05) is 11.3 Å². The van der Waals surface area contributed by atoms with Crippen molar-refractivity contribution in [3.8, 4) is 10.4 Å². The first-order chi connectivity index (χ1) is 11.7. The van der Waals surface area contributed by atoms with Crippen molar-refractivity contribution in [2.75, 3.05) is 0 Å². The number of carbonyl (C=O) groups is 1. The Kier molecular flexibility index (Phi) is 3.90. The maximum Gasteiger partial charge on any atom is 0.348 e. The van der Waals surface area contributed by atoms with Crippen molar-refractivity contribution >= 4 is 17.3 Å². The van der Waals surface area contributed by atoms with Crippen LogP contribution in [-0.4, -0.2) is 16.2 Å². The molecule has 2 heterocycles. The fraction of sp³-hybridized carbons (Fsp3) is 0.278. The second-order valence-corrected chi connectivity index (χ2v) is 6.69. The maximum absolute atomic E-state index is 12.3. The molecule has 2 aromatic heterocycles. The number of aryl methyl sites for hydroxylation is 3. The number of carbonyl (C=O) groups excluding carboxylic acids is 1. The van der Waals surface area contributed by atoms with E-state index >= 15 is 0 Å². The Morgan fingerprint density at radius 3 is 2.83 bits per heavy atom. The number of rotatable bonds is 4. The van der Waals surface area contributed by atoms with Crippen LogP contribution in [0.3, 0.4) is 0 Å². The van der Waals surface area contributed by atoms with Crippen molar-refractivity contribution in [1.29, 1.82) is 0 Å². The number of benzene rings is 1. The lowest BCUT2D eigenvalue weighted by atomic mass is 9.91. The Bertz CT molecular complexity index is 897. The predicted molar refractivity (Wildman–Crippen MR) is 90.0 cm³/mol. The average Bonchev–Trinajstić information content (AvgIpc) is 3.26. The molecule has 5 nitrogen and oxygen atoms in total. The van der Waals surface area contributed by atoms with Crippen LogP contribution < -0.4 is 0 Å². The zero-order valence-corrected chi connectivity index (χ0v) is 14.1. The van der Waals surface area contributed by atoms with Gasteiger partial charge in [-0.15, -0.1) is 21.5 Å². The molecule has 24 heavy (non-hydrogen) atoms. The van der Waals surface area contributed by atoms with Gasteiger partial charge in [-0.1, -0.05) is 31.2 Å². The molecule has 1 aliphatic rings. The van der Waals surface area contributed by atoms with E-state index in [9.17, 15) is 4.79 Å². The Morgan fingerprint density at radius 1 is 1.21 bits per heavy atom. The van der Waals surface area contributed by atoms with E-state index in [2.05, 4.69) is 28.4 Å². The fourth-order valence-electron chi connectivity index (χ4n) is 2.86. The highest BCUT2D eigenvalue weighted by molar-refractivity contribution is 7.17. The van der Waals surface area contributed by atoms with E-state index in [-0.39, 0.29) is 12.6 Å². The summed E-state index contributed by atoms with van der Waals surface area (Å²) in [7, 11) is 0. The van der Waals surface area contributed by atoms with Crippen LogP contribution in [0.1, 0.15) is 39.5 Å². The second kappa shape index (κ2) is 6.20. The molecule has 0 saturated heterocycles. The third-order valence-corrected chi connectivity index (χ3v) is 5.26. The Morgan fingerprint density at radius 2 is 2.00 bits per heavy atom. The summed E-state index contributed by atoms with van der Waals surface area (Å²) in [5, 5.41) is 7.72. The number of thiophene rings is 1. The van der Waals surface area contributed by atoms with Gasteiger partial charge in [-0.25, -0.2) is 4.79 Å². The van der Waals surface area contributed by atoms with Crippen LogP contribution in [0.25, 0.3) is 10.4 Å². The van der Waals surface area contributed by atoms with Gasteiger partial charge in [0.2, 0.25) is 5.89 Å². The molecule has 1 aliphatic carbocycles. The van der Waals surface area contributed by atoms with Crippen molar-refractivity contribution in [1.82, 2.24) is 10.2 Å². The lowest BCUT2D eigenvalue weighted by molar-refractivity contribution is 0.0442. The zero-order valence-electron chi connectivity index (χ0n) is 13.2. The fourth-order valence-corrected chi connectivity index (χ4v) is 4.02. The molecule has 1 aromatic carbocycles. The summed E-state index contributed by atoms with van der Waals surface area (Å²) in [6, 6.07) is 10.3. The Labute approximate surface area is 143 Å². The van der Waals surface area contributed by atoms with Crippen molar-refractivity contribution in [2.24, 2.45) is 0 Å². The molecule has 4 rings (SSSR count). The highest BCUT2D eigenvalue weighted by Gasteiger charge is 2.22.